The normalized spacial score (nSPS) is 10.1. The maximum absolute atomic E-state index is 12.5. The number of carboxylic acids is 2. The molecule has 0 aliphatic heterocycles. The topological polar surface area (TPSA) is 124 Å². The minimum atomic E-state index is -1.82. The summed E-state index contributed by atoms with van der Waals surface area (Å²) in [6.07, 6.45) is 2.30. The van der Waals surface area contributed by atoms with Gasteiger partial charge < -0.3 is 29.2 Å². The lowest BCUT2D eigenvalue weighted by Crippen LogP contribution is -2.09. The molecule has 0 aliphatic rings. The second-order valence-corrected chi connectivity index (χ2v) is 6.48. The van der Waals surface area contributed by atoms with Crippen LogP contribution in [0.25, 0.3) is 10.8 Å². The maximum atomic E-state index is 12.5. The molecule has 10 heteroatoms. The first-order valence-electron chi connectivity index (χ1n) is 9.66. The van der Waals surface area contributed by atoms with Gasteiger partial charge in [-0.3, -0.25) is 4.98 Å². The largest absolute Gasteiger partial charge is 0.497 e. The van der Waals surface area contributed by atoms with Gasteiger partial charge in [-0.05, 0) is 41.8 Å². The maximum Gasteiger partial charge on any atom is 0.414 e. The smallest absolute Gasteiger partial charge is 0.414 e. The van der Waals surface area contributed by atoms with Crippen LogP contribution in [0.15, 0.2) is 42.6 Å². The average Bonchev–Trinajstić information content (AvgIpc) is 2.82. The Kier molecular flexibility index (Phi) is 9.22. The summed E-state index contributed by atoms with van der Waals surface area (Å²) in [4.78, 5) is 22.7. The van der Waals surface area contributed by atoms with Gasteiger partial charge in [0.15, 0.2) is 11.5 Å². The molecule has 0 saturated heterocycles. The predicted molar refractivity (Wildman–Crippen MR) is 117 cm³/mol. The number of hydrogen-bond donors (Lipinski definition) is 2. The number of ether oxygens (including phenoxy) is 4. The zero-order chi connectivity index (χ0) is 24.4. The molecule has 0 aliphatic carbocycles. The fourth-order valence-corrected chi connectivity index (χ4v) is 3.00. The van der Waals surface area contributed by atoms with E-state index in [9.17, 15) is 4.39 Å². The second kappa shape index (κ2) is 12.1. The van der Waals surface area contributed by atoms with E-state index >= 15 is 0 Å². The van der Waals surface area contributed by atoms with Crippen molar-refractivity contribution >= 4 is 22.7 Å². The number of carbonyl (C=O) groups is 2. The van der Waals surface area contributed by atoms with E-state index < -0.39 is 18.6 Å². The van der Waals surface area contributed by atoms with Crippen LogP contribution in [-0.4, -0.2) is 61.7 Å². The van der Waals surface area contributed by atoms with Crippen LogP contribution < -0.4 is 18.9 Å². The van der Waals surface area contributed by atoms with Crippen LogP contribution in [0.4, 0.5) is 4.39 Å². The summed E-state index contributed by atoms with van der Waals surface area (Å²) in [7, 11) is 4.82. The van der Waals surface area contributed by atoms with Crippen LogP contribution in [0.3, 0.4) is 0 Å². The number of benzene rings is 2. The van der Waals surface area contributed by atoms with Crippen molar-refractivity contribution in [3.8, 4) is 23.0 Å². The summed E-state index contributed by atoms with van der Waals surface area (Å²) in [6, 6.07) is 11.3. The molecule has 0 radical (unpaired) electrons. The standard InChI is InChI=1S/C21H22FNO4.C2H2O4/c1-24-16-4-5-19(25-2)15(10-16)11-18-17-13-21(27-9-7-22)20(26-3)12-14(17)6-8-23-18;3-1(4)2(5)6/h4-6,8,10,12-13H,7,9,11H2,1-3H3;(H,3,4)(H,5,6). The molecule has 2 N–H and O–H groups in total. The molecule has 1 heterocycles. The first-order valence-corrected chi connectivity index (χ1v) is 9.66. The van der Waals surface area contributed by atoms with Gasteiger partial charge in [0.05, 0.1) is 27.0 Å². The van der Waals surface area contributed by atoms with Crippen molar-refractivity contribution in [2.45, 2.75) is 6.42 Å². The third kappa shape index (κ3) is 6.70. The molecule has 0 amide bonds. The van der Waals surface area contributed by atoms with Crippen LogP contribution >= 0.6 is 0 Å². The average molecular weight is 461 g/mol. The number of aliphatic carboxylic acids is 2. The van der Waals surface area contributed by atoms with Gasteiger partial charge in [0.25, 0.3) is 0 Å². The first-order chi connectivity index (χ1) is 15.8. The van der Waals surface area contributed by atoms with E-state index in [0.29, 0.717) is 17.9 Å². The fourth-order valence-electron chi connectivity index (χ4n) is 3.00. The summed E-state index contributed by atoms with van der Waals surface area (Å²) in [5, 5.41) is 16.7. The van der Waals surface area contributed by atoms with Crippen molar-refractivity contribution in [3.63, 3.8) is 0 Å². The molecule has 0 fully saturated rings. The highest BCUT2D eigenvalue weighted by Gasteiger charge is 2.13. The second-order valence-electron chi connectivity index (χ2n) is 6.48. The number of halogens is 1. The van der Waals surface area contributed by atoms with Gasteiger partial charge in [0, 0.05) is 23.6 Å². The van der Waals surface area contributed by atoms with Crippen molar-refractivity contribution in [3.05, 3.63) is 53.9 Å². The lowest BCUT2D eigenvalue weighted by molar-refractivity contribution is -0.159. The summed E-state index contributed by atoms with van der Waals surface area (Å²) in [5.41, 5.74) is 1.81. The lowest BCUT2D eigenvalue weighted by Gasteiger charge is -2.14. The number of aromatic nitrogens is 1. The molecule has 3 aromatic rings. The van der Waals surface area contributed by atoms with E-state index in [1.165, 1.54) is 0 Å². The van der Waals surface area contributed by atoms with Gasteiger partial charge in [-0.25, -0.2) is 14.0 Å². The number of pyridine rings is 1. The van der Waals surface area contributed by atoms with Gasteiger partial charge in [0.1, 0.15) is 24.8 Å². The Labute approximate surface area is 189 Å². The molecule has 2 aromatic carbocycles. The van der Waals surface area contributed by atoms with Crippen LogP contribution in [0.5, 0.6) is 23.0 Å². The Hall–Kier alpha value is -4.08. The highest BCUT2D eigenvalue weighted by molar-refractivity contribution is 6.27. The zero-order valence-corrected chi connectivity index (χ0v) is 18.3. The van der Waals surface area contributed by atoms with Gasteiger partial charge in [-0.15, -0.1) is 0 Å². The minimum Gasteiger partial charge on any atom is -0.497 e. The summed E-state index contributed by atoms with van der Waals surface area (Å²) >= 11 is 0. The number of alkyl halides is 1. The molecule has 9 nitrogen and oxygen atoms in total. The van der Waals surface area contributed by atoms with Gasteiger partial charge in [-0.2, -0.15) is 0 Å². The Balaban J connectivity index is 0.000000569. The Bertz CT molecular complexity index is 1110. The SMILES string of the molecule is COc1ccc(OC)c(Cc2nccc3cc(OC)c(OCCF)cc23)c1.O=C(O)C(=O)O. The van der Waals surface area contributed by atoms with Crippen molar-refractivity contribution in [2.75, 3.05) is 34.6 Å². The van der Waals surface area contributed by atoms with Crippen molar-refractivity contribution in [1.29, 1.82) is 0 Å². The molecular weight excluding hydrogens is 437 g/mol. The zero-order valence-electron chi connectivity index (χ0n) is 18.3. The highest BCUT2D eigenvalue weighted by Crippen LogP contribution is 2.35. The molecule has 0 unspecified atom stereocenters. The molecule has 3 rings (SSSR count). The Morgan fingerprint density at radius 2 is 1.61 bits per heavy atom. The number of hydrogen-bond acceptors (Lipinski definition) is 7. The number of nitrogens with zero attached hydrogens (tertiary/aromatic N) is 1. The summed E-state index contributed by atoms with van der Waals surface area (Å²) in [6.45, 7) is -0.594. The number of rotatable bonds is 8. The van der Waals surface area contributed by atoms with Crippen molar-refractivity contribution < 1.29 is 43.1 Å². The quantitative estimate of drug-likeness (QED) is 0.486. The number of methoxy groups -OCH3 is 3. The summed E-state index contributed by atoms with van der Waals surface area (Å²) in [5.74, 6) is -1.08. The van der Waals surface area contributed by atoms with E-state index in [-0.39, 0.29) is 6.61 Å². The van der Waals surface area contributed by atoms with Crippen LogP contribution in [0.2, 0.25) is 0 Å². The molecule has 0 atom stereocenters. The predicted octanol–water partition coefficient (Wildman–Crippen LogP) is 3.36. The van der Waals surface area contributed by atoms with E-state index in [4.69, 9.17) is 38.7 Å². The molecular formula is C23H24FNO8. The molecule has 176 valence electrons. The monoisotopic (exact) mass is 461 g/mol. The molecule has 0 saturated carbocycles. The molecule has 33 heavy (non-hydrogen) atoms. The highest BCUT2D eigenvalue weighted by atomic mass is 19.1. The third-order valence-electron chi connectivity index (χ3n) is 4.49. The van der Waals surface area contributed by atoms with E-state index in [1.54, 1.807) is 27.5 Å². The Morgan fingerprint density at radius 3 is 2.18 bits per heavy atom. The van der Waals surface area contributed by atoms with Crippen LogP contribution in [0, 0.1) is 0 Å². The van der Waals surface area contributed by atoms with Crippen LogP contribution in [-0.2, 0) is 16.0 Å². The number of fused-ring (bicyclic) bond motifs is 1. The van der Waals surface area contributed by atoms with Crippen molar-refractivity contribution in [1.82, 2.24) is 4.98 Å². The number of carboxylic acid groups (broad SMARTS) is 2. The van der Waals surface area contributed by atoms with E-state index in [2.05, 4.69) is 4.98 Å². The molecule has 1 aromatic heterocycles. The lowest BCUT2D eigenvalue weighted by atomic mass is 10.0. The van der Waals surface area contributed by atoms with Crippen LogP contribution in [0.1, 0.15) is 11.3 Å². The molecule has 0 bridgehead atoms. The van der Waals surface area contributed by atoms with Gasteiger partial charge in [-0.1, -0.05) is 0 Å². The Morgan fingerprint density at radius 1 is 0.909 bits per heavy atom. The molecule has 0 spiro atoms. The van der Waals surface area contributed by atoms with E-state index in [1.807, 2.05) is 36.4 Å². The van der Waals surface area contributed by atoms with Gasteiger partial charge >= 0.3 is 11.9 Å². The van der Waals surface area contributed by atoms with Gasteiger partial charge in [0.2, 0.25) is 0 Å². The van der Waals surface area contributed by atoms with E-state index in [0.717, 1.165) is 33.5 Å². The summed E-state index contributed by atoms with van der Waals surface area (Å²) < 4.78 is 34.2. The van der Waals surface area contributed by atoms with Crippen molar-refractivity contribution in [2.24, 2.45) is 0 Å². The fraction of sp³-hybridized carbons (Fsp3) is 0.261. The third-order valence-corrected chi connectivity index (χ3v) is 4.49. The first kappa shape index (κ1) is 25.2. The minimum absolute atomic E-state index is 0.0266.